The molecule has 1 N–H and O–H groups in total. The molecule has 0 saturated heterocycles. The van der Waals surface area contributed by atoms with Crippen LogP contribution in [0.1, 0.15) is 6.42 Å². The molecule has 1 aromatic rings. The predicted octanol–water partition coefficient (Wildman–Crippen LogP) is 0.577. The fraction of sp³-hybridized carbons (Fsp3) is 0.500. The van der Waals surface area contributed by atoms with Gasteiger partial charge < -0.3 is 9.88 Å². The van der Waals surface area contributed by atoms with Gasteiger partial charge in [-0.05, 0) is 0 Å². The second-order valence-electron chi connectivity index (χ2n) is 4.64. The van der Waals surface area contributed by atoms with Crippen molar-refractivity contribution >= 4 is 27.5 Å². The Morgan fingerprint density at radius 1 is 1.60 bits per heavy atom. The average Bonchev–Trinajstić information content (AvgIpc) is 2.91. The van der Waals surface area contributed by atoms with Crippen molar-refractivity contribution in [3.05, 3.63) is 23.9 Å². The van der Waals surface area contributed by atoms with Gasteiger partial charge >= 0.3 is 0 Å². The van der Waals surface area contributed by atoms with Crippen LogP contribution < -0.4 is 5.32 Å². The molecule has 1 aromatic heterocycles. The van der Waals surface area contributed by atoms with Gasteiger partial charge in [0.15, 0.2) is 15.0 Å². The fourth-order valence-electron chi connectivity index (χ4n) is 1.90. The van der Waals surface area contributed by atoms with Crippen LogP contribution in [-0.4, -0.2) is 41.9 Å². The van der Waals surface area contributed by atoms with Crippen LogP contribution in [0.25, 0.3) is 0 Å². The average molecular weight is 315 g/mol. The summed E-state index contributed by atoms with van der Waals surface area (Å²) in [5.74, 6) is 0.470. The minimum Gasteiger partial charge on any atom is -0.355 e. The number of amides is 1. The molecule has 2 heterocycles. The molecule has 0 bridgehead atoms. The number of thioether (sulfide) groups is 1. The largest absolute Gasteiger partial charge is 0.355 e. The second kappa shape index (κ2) is 6.45. The van der Waals surface area contributed by atoms with E-state index in [-0.39, 0.29) is 24.0 Å². The fourth-order valence-corrected chi connectivity index (χ4v) is 4.09. The van der Waals surface area contributed by atoms with E-state index < -0.39 is 9.84 Å². The molecule has 8 heteroatoms. The Labute approximate surface area is 122 Å². The van der Waals surface area contributed by atoms with Gasteiger partial charge in [-0.1, -0.05) is 17.8 Å². The molecule has 0 spiro atoms. The van der Waals surface area contributed by atoms with E-state index in [0.717, 1.165) is 10.9 Å². The number of allylic oxidation sites excluding steroid dienone is 1. The first-order valence-electron chi connectivity index (χ1n) is 6.24. The highest BCUT2D eigenvalue weighted by Gasteiger charge is 2.23. The highest BCUT2D eigenvalue weighted by Crippen LogP contribution is 2.18. The van der Waals surface area contributed by atoms with E-state index in [2.05, 4.69) is 10.3 Å². The van der Waals surface area contributed by atoms with Gasteiger partial charge in [0.2, 0.25) is 5.91 Å². The number of sulfone groups is 1. The first-order valence-corrected chi connectivity index (χ1v) is 8.94. The molecule has 1 unspecified atom stereocenters. The maximum absolute atomic E-state index is 11.7. The third-order valence-corrected chi connectivity index (χ3v) is 5.41. The summed E-state index contributed by atoms with van der Waals surface area (Å²) in [6, 6.07) is 0. The molecular weight excluding hydrogens is 298 g/mol. The lowest BCUT2D eigenvalue weighted by Crippen LogP contribution is -2.28. The van der Waals surface area contributed by atoms with Crippen LogP contribution in [0.2, 0.25) is 0 Å². The molecule has 1 atom stereocenters. The van der Waals surface area contributed by atoms with E-state index >= 15 is 0 Å². The predicted molar refractivity (Wildman–Crippen MR) is 78.0 cm³/mol. The number of hydrogen-bond donors (Lipinski definition) is 1. The van der Waals surface area contributed by atoms with Crippen molar-refractivity contribution in [2.45, 2.75) is 11.6 Å². The monoisotopic (exact) mass is 315 g/mol. The normalized spacial score (nSPS) is 20.1. The highest BCUT2D eigenvalue weighted by atomic mass is 32.2. The molecule has 0 aromatic carbocycles. The third-order valence-electron chi connectivity index (χ3n) is 2.88. The number of aromatic nitrogens is 2. The molecule has 1 aliphatic heterocycles. The van der Waals surface area contributed by atoms with Gasteiger partial charge in [0, 0.05) is 49.5 Å². The molecule has 1 amide bonds. The topological polar surface area (TPSA) is 81.1 Å². The van der Waals surface area contributed by atoms with Crippen LogP contribution in [0.5, 0.6) is 0 Å². The van der Waals surface area contributed by atoms with Crippen LogP contribution in [0, 0.1) is 5.92 Å². The summed E-state index contributed by atoms with van der Waals surface area (Å²) in [7, 11) is -1.16. The van der Waals surface area contributed by atoms with Crippen molar-refractivity contribution in [3.8, 4) is 0 Å². The van der Waals surface area contributed by atoms with E-state index in [4.69, 9.17) is 0 Å². The summed E-state index contributed by atoms with van der Waals surface area (Å²) in [6.45, 7) is 0.541. The van der Waals surface area contributed by atoms with Crippen molar-refractivity contribution < 1.29 is 13.2 Å². The summed E-state index contributed by atoms with van der Waals surface area (Å²) in [5.41, 5.74) is 0. The summed E-state index contributed by atoms with van der Waals surface area (Å²) in [5, 5.41) is 4.90. The number of nitrogens with one attached hydrogen (secondary N) is 1. The van der Waals surface area contributed by atoms with Crippen molar-refractivity contribution in [2.75, 3.05) is 18.1 Å². The van der Waals surface area contributed by atoms with Gasteiger partial charge in [0.25, 0.3) is 0 Å². The quantitative estimate of drug-likeness (QED) is 0.613. The number of hydrogen-bond acceptors (Lipinski definition) is 5. The lowest BCUT2D eigenvalue weighted by molar-refractivity contribution is -0.121. The van der Waals surface area contributed by atoms with Crippen LogP contribution >= 0.6 is 11.8 Å². The molecule has 0 fully saturated rings. The first-order chi connectivity index (χ1) is 9.46. The molecule has 0 radical (unpaired) electrons. The SMILES string of the molecule is Cn1ccnc1SCCNC(=O)CC1C=CS(=O)(=O)C1. The molecule has 110 valence electrons. The zero-order valence-corrected chi connectivity index (χ0v) is 12.8. The molecule has 1 aliphatic rings. The molecule has 6 nitrogen and oxygen atoms in total. The summed E-state index contributed by atoms with van der Waals surface area (Å²) < 4.78 is 24.3. The van der Waals surface area contributed by atoms with Crippen LogP contribution in [-0.2, 0) is 21.7 Å². The Hall–Kier alpha value is -1.28. The van der Waals surface area contributed by atoms with Crippen molar-refractivity contribution in [3.63, 3.8) is 0 Å². The van der Waals surface area contributed by atoms with Gasteiger partial charge in [-0.3, -0.25) is 4.79 Å². The molecule has 20 heavy (non-hydrogen) atoms. The summed E-state index contributed by atoms with van der Waals surface area (Å²) in [4.78, 5) is 15.8. The van der Waals surface area contributed by atoms with Gasteiger partial charge in [0.05, 0.1) is 5.75 Å². The Bertz CT molecular complexity index is 607. The molecule has 0 aliphatic carbocycles. The van der Waals surface area contributed by atoms with Gasteiger partial charge in [-0.25, -0.2) is 13.4 Å². The molecule has 0 saturated carbocycles. The van der Waals surface area contributed by atoms with E-state index in [1.165, 1.54) is 5.41 Å². The van der Waals surface area contributed by atoms with Gasteiger partial charge in [-0.2, -0.15) is 0 Å². The second-order valence-corrected chi connectivity index (χ2v) is 7.63. The Balaban J connectivity index is 1.64. The minimum atomic E-state index is -3.08. The van der Waals surface area contributed by atoms with Crippen LogP contribution in [0.4, 0.5) is 0 Å². The summed E-state index contributed by atoms with van der Waals surface area (Å²) >= 11 is 1.57. The maximum atomic E-state index is 11.7. The third kappa shape index (κ3) is 4.38. The van der Waals surface area contributed by atoms with Gasteiger partial charge in [0.1, 0.15) is 0 Å². The summed E-state index contributed by atoms with van der Waals surface area (Å²) in [6.07, 6.45) is 5.42. The lowest BCUT2D eigenvalue weighted by Gasteiger charge is -2.08. The van der Waals surface area contributed by atoms with E-state index in [1.807, 2.05) is 17.8 Å². The Kier molecular flexibility index (Phi) is 4.87. The Morgan fingerprint density at radius 3 is 3.00 bits per heavy atom. The van der Waals surface area contributed by atoms with Crippen molar-refractivity contribution in [1.82, 2.24) is 14.9 Å². The van der Waals surface area contributed by atoms with E-state index in [9.17, 15) is 13.2 Å². The number of rotatable bonds is 6. The number of imidazole rings is 1. The zero-order valence-electron chi connectivity index (χ0n) is 11.2. The zero-order chi connectivity index (χ0) is 14.6. The smallest absolute Gasteiger partial charge is 0.220 e. The van der Waals surface area contributed by atoms with E-state index in [1.54, 1.807) is 24.0 Å². The standard InChI is InChI=1S/C12H17N3O3S2/c1-15-5-3-14-12(15)19-6-4-13-11(16)8-10-2-7-20(17,18)9-10/h2-3,5,7,10H,4,6,8-9H2,1H3,(H,13,16). The molecule has 2 rings (SSSR count). The van der Waals surface area contributed by atoms with Crippen molar-refractivity contribution in [2.24, 2.45) is 13.0 Å². The number of carbonyl (C=O) groups is 1. The van der Waals surface area contributed by atoms with Gasteiger partial charge in [-0.15, -0.1) is 0 Å². The number of carbonyl (C=O) groups excluding carboxylic acids is 1. The van der Waals surface area contributed by atoms with Crippen LogP contribution in [0.3, 0.4) is 0 Å². The van der Waals surface area contributed by atoms with E-state index in [0.29, 0.717) is 6.54 Å². The Morgan fingerprint density at radius 2 is 2.40 bits per heavy atom. The number of nitrogens with zero attached hydrogens (tertiary/aromatic N) is 2. The maximum Gasteiger partial charge on any atom is 0.220 e. The molecular formula is C12H17N3O3S2. The minimum absolute atomic E-state index is 0.0441. The van der Waals surface area contributed by atoms with Crippen molar-refractivity contribution in [1.29, 1.82) is 0 Å². The van der Waals surface area contributed by atoms with Crippen LogP contribution in [0.15, 0.2) is 29.0 Å². The highest BCUT2D eigenvalue weighted by molar-refractivity contribution is 7.99. The first kappa shape index (κ1) is 15.1. The number of aryl methyl sites for hydroxylation is 1. The lowest BCUT2D eigenvalue weighted by atomic mass is 10.1.